The maximum atomic E-state index is 5.86. The molecule has 0 unspecified atom stereocenters. The fourth-order valence-electron chi connectivity index (χ4n) is 2.69. The number of nitrogens with two attached hydrogens (primary N) is 1. The third-order valence-electron chi connectivity index (χ3n) is 4.16. The van der Waals surface area contributed by atoms with Crippen LogP contribution in [0.25, 0.3) is 11.0 Å². The van der Waals surface area contributed by atoms with E-state index in [1.807, 2.05) is 0 Å². The highest BCUT2D eigenvalue weighted by Gasteiger charge is 2.34. The molecule has 4 N–H and O–H groups in total. The summed E-state index contributed by atoms with van der Waals surface area (Å²) in [6.07, 6.45) is 5.62. The summed E-state index contributed by atoms with van der Waals surface area (Å²) in [6.45, 7) is 2.74. The van der Waals surface area contributed by atoms with Crippen LogP contribution in [0.3, 0.4) is 0 Å². The summed E-state index contributed by atoms with van der Waals surface area (Å²) in [6, 6.07) is 6.35. The molecule has 0 atom stereocenters. The topological polar surface area (TPSA) is 66.7 Å². The Balaban J connectivity index is 1.59. The van der Waals surface area contributed by atoms with E-state index >= 15 is 0 Å². The Labute approximate surface area is 107 Å². The van der Waals surface area contributed by atoms with Crippen molar-refractivity contribution in [3.63, 3.8) is 0 Å². The molecule has 0 amide bonds. The summed E-state index contributed by atoms with van der Waals surface area (Å²) < 4.78 is 0. The molecule has 3 rings (SSSR count). The van der Waals surface area contributed by atoms with Gasteiger partial charge in [0.15, 0.2) is 0 Å². The molecular weight excluding hydrogens is 224 g/mol. The van der Waals surface area contributed by atoms with E-state index < -0.39 is 0 Å². The monoisotopic (exact) mass is 244 g/mol. The van der Waals surface area contributed by atoms with E-state index in [9.17, 15) is 0 Å². The van der Waals surface area contributed by atoms with Gasteiger partial charge in [0.05, 0.1) is 17.4 Å². The van der Waals surface area contributed by atoms with Gasteiger partial charge in [0, 0.05) is 13.1 Å². The van der Waals surface area contributed by atoms with Gasteiger partial charge in [-0.15, -0.1) is 0 Å². The molecule has 18 heavy (non-hydrogen) atoms. The Bertz CT molecular complexity index is 522. The van der Waals surface area contributed by atoms with Crippen molar-refractivity contribution in [1.29, 1.82) is 0 Å². The van der Waals surface area contributed by atoms with Gasteiger partial charge >= 0.3 is 0 Å². The second kappa shape index (κ2) is 4.71. The first-order valence-electron chi connectivity index (χ1n) is 6.64. The number of aromatic amines is 1. The van der Waals surface area contributed by atoms with Crippen molar-refractivity contribution in [3.05, 3.63) is 30.1 Å². The quantitative estimate of drug-likeness (QED) is 0.751. The van der Waals surface area contributed by atoms with Gasteiger partial charge < -0.3 is 16.0 Å². The van der Waals surface area contributed by atoms with Gasteiger partial charge in [-0.25, -0.2) is 4.98 Å². The number of imidazole rings is 1. The Morgan fingerprint density at radius 2 is 2.28 bits per heavy atom. The van der Waals surface area contributed by atoms with Crippen LogP contribution in [0.15, 0.2) is 24.5 Å². The molecule has 1 aliphatic carbocycles. The maximum absolute atomic E-state index is 5.86. The molecular formula is C14H20N4. The minimum atomic E-state index is 0.373. The minimum Gasteiger partial charge on any atom is -0.345 e. The average molecular weight is 244 g/mol. The summed E-state index contributed by atoms with van der Waals surface area (Å²) in [5.41, 5.74) is 9.65. The molecule has 1 saturated carbocycles. The van der Waals surface area contributed by atoms with Crippen molar-refractivity contribution < 1.29 is 0 Å². The molecule has 1 aromatic carbocycles. The number of aromatic nitrogens is 2. The lowest BCUT2D eigenvalue weighted by atomic mass is 9.69. The number of nitrogens with one attached hydrogen (secondary N) is 2. The second-order valence-corrected chi connectivity index (χ2v) is 5.42. The number of fused-ring (bicyclic) bond motifs is 1. The second-order valence-electron chi connectivity index (χ2n) is 5.42. The first kappa shape index (κ1) is 11.7. The number of benzene rings is 1. The van der Waals surface area contributed by atoms with Crippen molar-refractivity contribution in [2.24, 2.45) is 11.1 Å². The number of nitrogens with zero attached hydrogens (tertiary/aromatic N) is 1. The minimum absolute atomic E-state index is 0.373. The summed E-state index contributed by atoms with van der Waals surface area (Å²) in [5, 5.41) is 3.54. The van der Waals surface area contributed by atoms with Crippen LogP contribution in [0.5, 0.6) is 0 Å². The van der Waals surface area contributed by atoms with Crippen LogP contribution in [0.4, 0.5) is 0 Å². The molecule has 1 fully saturated rings. The molecule has 0 spiro atoms. The van der Waals surface area contributed by atoms with Crippen molar-refractivity contribution in [2.45, 2.75) is 25.8 Å². The summed E-state index contributed by atoms with van der Waals surface area (Å²) >= 11 is 0. The first-order valence-corrected chi connectivity index (χ1v) is 6.64. The van der Waals surface area contributed by atoms with E-state index in [1.165, 1.54) is 24.8 Å². The lowest BCUT2D eigenvalue weighted by Crippen LogP contribution is -2.45. The number of rotatable bonds is 5. The zero-order valence-corrected chi connectivity index (χ0v) is 10.6. The van der Waals surface area contributed by atoms with Gasteiger partial charge in [-0.2, -0.15) is 0 Å². The van der Waals surface area contributed by atoms with Crippen molar-refractivity contribution >= 4 is 11.0 Å². The van der Waals surface area contributed by atoms with Crippen molar-refractivity contribution in [3.8, 4) is 0 Å². The molecule has 0 bridgehead atoms. The average Bonchev–Trinajstić information content (AvgIpc) is 2.80. The highest BCUT2D eigenvalue weighted by Crippen LogP contribution is 2.39. The largest absolute Gasteiger partial charge is 0.345 e. The zero-order chi connectivity index (χ0) is 12.4. The Kier molecular flexibility index (Phi) is 3.06. The summed E-state index contributed by atoms with van der Waals surface area (Å²) in [7, 11) is 0. The molecule has 4 nitrogen and oxygen atoms in total. The van der Waals surface area contributed by atoms with Gasteiger partial charge in [-0.3, -0.25) is 0 Å². The summed E-state index contributed by atoms with van der Waals surface area (Å²) in [4.78, 5) is 7.36. The van der Waals surface area contributed by atoms with Crippen LogP contribution in [-0.4, -0.2) is 23.1 Å². The summed E-state index contributed by atoms with van der Waals surface area (Å²) in [5.74, 6) is 0. The third-order valence-corrected chi connectivity index (χ3v) is 4.16. The van der Waals surface area contributed by atoms with Gasteiger partial charge in [-0.1, -0.05) is 12.5 Å². The fraction of sp³-hybridized carbons (Fsp3) is 0.500. The number of hydrogen-bond donors (Lipinski definition) is 3. The molecule has 1 aromatic heterocycles. The molecule has 0 saturated heterocycles. The standard InChI is InChI=1S/C14H20N4/c15-8-14(4-1-5-14)9-16-7-11-2-3-12-13(6-11)18-10-17-12/h2-3,6,10,16H,1,4-5,7-9,15H2,(H,17,18). The lowest BCUT2D eigenvalue weighted by Gasteiger charge is -2.41. The molecule has 0 radical (unpaired) electrons. The van der Waals surface area contributed by atoms with E-state index in [0.29, 0.717) is 5.41 Å². The maximum Gasteiger partial charge on any atom is 0.0931 e. The van der Waals surface area contributed by atoms with E-state index in [4.69, 9.17) is 5.73 Å². The van der Waals surface area contributed by atoms with E-state index in [2.05, 4.69) is 33.5 Å². The van der Waals surface area contributed by atoms with E-state index in [1.54, 1.807) is 6.33 Å². The first-order chi connectivity index (χ1) is 8.81. The smallest absolute Gasteiger partial charge is 0.0931 e. The molecule has 4 heteroatoms. The highest BCUT2D eigenvalue weighted by molar-refractivity contribution is 5.74. The van der Waals surface area contributed by atoms with Gasteiger partial charge in [0.25, 0.3) is 0 Å². The SMILES string of the molecule is NCC1(CNCc2ccc3nc[nH]c3c2)CCC1. The normalized spacial score (nSPS) is 17.8. The lowest BCUT2D eigenvalue weighted by molar-refractivity contribution is 0.141. The van der Waals surface area contributed by atoms with Gasteiger partial charge in [0.2, 0.25) is 0 Å². The zero-order valence-electron chi connectivity index (χ0n) is 10.6. The van der Waals surface area contributed by atoms with Crippen LogP contribution in [-0.2, 0) is 6.54 Å². The Morgan fingerprint density at radius 3 is 3.00 bits per heavy atom. The third kappa shape index (κ3) is 2.13. The van der Waals surface area contributed by atoms with Crippen LogP contribution in [0.2, 0.25) is 0 Å². The van der Waals surface area contributed by atoms with Gasteiger partial charge in [0.1, 0.15) is 0 Å². The van der Waals surface area contributed by atoms with E-state index in [-0.39, 0.29) is 0 Å². The molecule has 1 heterocycles. The fourth-order valence-corrected chi connectivity index (χ4v) is 2.69. The van der Waals surface area contributed by atoms with Crippen molar-refractivity contribution in [1.82, 2.24) is 15.3 Å². The van der Waals surface area contributed by atoms with Gasteiger partial charge in [-0.05, 0) is 42.5 Å². The Hall–Kier alpha value is -1.39. The van der Waals surface area contributed by atoms with Crippen LogP contribution >= 0.6 is 0 Å². The van der Waals surface area contributed by atoms with Crippen molar-refractivity contribution in [2.75, 3.05) is 13.1 Å². The number of H-pyrrole nitrogens is 1. The highest BCUT2D eigenvalue weighted by atomic mass is 14.9. The van der Waals surface area contributed by atoms with E-state index in [0.717, 1.165) is 30.7 Å². The van der Waals surface area contributed by atoms with Crippen LogP contribution < -0.4 is 11.1 Å². The van der Waals surface area contributed by atoms with Crippen LogP contribution in [0, 0.1) is 5.41 Å². The Morgan fingerprint density at radius 1 is 1.39 bits per heavy atom. The predicted octanol–water partition coefficient (Wildman–Crippen LogP) is 1.78. The molecule has 2 aromatic rings. The molecule has 96 valence electrons. The van der Waals surface area contributed by atoms with Crippen LogP contribution in [0.1, 0.15) is 24.8 Å². The molecule has 1 aliphatic rings. The molecule has 0 aliphatic heterocycles. The predicted molar refractivity (Wildman–Crippen MR) is 73.1 cm³/mol. The number of hydrogen-bond acceptors (Lipinski definition) is 3.